The maximum Gasteiger partial charge on any atom is 0.309 e. The van der Waals surface area contributed by atoms with Crippen molar-refractivity contribution in [1.82, 2.24) is 0 Å². The van der Waals surface area contributed by atoms with E-state index in [2.05, 4.69) is 66.7 Å². The van der Waals surface area contributed by atoms with Crippen LogP contribution in [0.5, 0.6) is 0 Å². The zero-order chi connectivity index (χ0) is 26.2. The number of carbonyl (C=O) groups is 2. The van der Waals surface area contributed by atoms with Gasteiger partial charge in [0.25, 0.3) is 0 Å². The van der Waals surface area contributed by atoms with E-state index in [1.165, 1.54) is 26.9 Å². The van der Waals surface area contributed by atoms with Gasteiger partial charge in [-0.05, 0) is 89.9 Å². The molecule has 0 saturated heterocycles. The molecule has 0 bridgehead atoms. The topological polar surface area (TPSA) is 52.6 Å². The minimum Gasteiger partial charge on any atom is -0.462 e. The van der Waals surface area contributed by atoms with Crippen LogP contribution in [0.3, 0.4) is 0 Å². The summed E-state index contributed by atoms with van der Waals surface area (Å²) in [4.78, 5) is 25.2. The van der Waals surface area contributed by atoms with Crippen LogP contribution in [-0.4, -0.2) is 18.0 Å². The molecule has 0 N–H and O–H groups in total. The molecule has 37 heavy (non-hydrogen) atoms. The molecule has 4 aromatic rings. The average molecular weight is 497 g/mol. The smallest absolute Gasteiger partial charge is 0.309 e. The molecule has 0 aliphatic heterocycles. The van der Waals surface area contributed by atoms with Crippen molar-refractivity contribution in [2.24, 2.45) is 11.8 Å². The fraction of sp³-hybridized carbons (Fsp3) is 0.394. The lowest BCUT2D eigenvalue weighted by atomic mass is 9.87. The molecule has 1 fully saturated rings. The van der Waals surface area contributed by atoms with E-state index in [-0.39, 0.29) is 29.9 Å². The van der Waals surface area contributed by atoms with Crippen LogP contribution >= 0.6 is 0 Å². The van der Waals surface area contributed by atoms with E-state index in [0.29, 0.717) is 25.7 Å². The van der Waals surface area contributed by atoms with Crippen LogP contribution in [0.4, 0.5) is 0 Å². The van der Waals surface area contributed by atoms with Crippen molar-refractivity contribution in [1.29, 1.82) is 0 Å². The second-order valence-corrected chi connectivity index (χ2v) is 11.0. The van der Waals surface area contributed by atoms with Crippen LogP contribution in [-0.2, 0) is 24.7 Å². The number of carbonyl (C=O) groups excluding carboxylic acids is 2. The minimum atomic E-state index is -0.747. The summed E-state index contributed by atoms with van der Waals surface area (Å²) < 4.78 is 11.7. The average Bonchev–Trinajstić information content (AvgIpc) is 2.91. The van der Waals surface area contributed by atoms with E-state index in [4.69, 9.17) is 9.47 Å². The fourth-order valence-corrected chi connectivity index (χ4v) is 5.46. The van der Waals surface area contributed by atoms with Gasteiger partial charge in [0.1, 0.15) is 11.7 Å². The zero-order valence-electron chi connectivity index (χ0n) is 22.3. The Morgan fingerprint density at radius 2 is 1.46 bits per heavy atom. The lowest BCUT2D eigenvalue weighted by molar-refractivity contribution is -0.166. The first-order chi connectivity index (χ1) is 17.8. The third-order valence-electron chi connectivity index (χ3n) is 8.10. The monoisotopic (exact) mass is 496 g/mol. The number of rotatable bonds is 6. The Morgan fingerprint density at radius 1 is 0.838 bits per heavy atom. The van der Waals surface area contributed by atoms with Crippen LogP contribution in [0, 0.1) is 11.8 Å². The van der Waals surface area contributed by atoms with Crippen LogP contribution in [0.25, 0.3) is 32.3 Å². The molecule has 0 aromatic heterocycles. The molecule has 0 radical (unpaired) electrons. The lowest BCUT2D eigenvalue weighted by Gasteiger charge is -2.32. The SMILES string of the molecule is CCC(C)C(=O)OC1CCC(C(=O)OC(C)(C)c2ccc3c(ccc4c5ccccc5ccc34)c2)CC1. The molecular weight excluding hydrogens is 460 g/mol. The van der Waals surface area contributed by atoms with Crippen LogP contribution < -0.4 is 0 Å². The summed E-state index contributed by atoms with van der Waals surface area (Å²) in [7, 11) is 0. The molecule has 5 rings (SSSR count). The number of hydrogen-bond acceptors (Lipinski definition) is 4. The van der Waals surface area contributed by atoms with E-state index >= 15 is 0 Å². The van der Waals surface area contributed by atoms with Crippen molar-refractivity contribution in [2.75, 3.05) is 0 Å². The van der Waals surface area contributed by atoms with Gasteiger partial charge in [-0.2, -0.15) is 0 Å². The second kappa shape index (κ2) is 10.2. The summed E-state index contributed by atoms with van der Waals surface area (Å²) in [5.41, 5.74) is 0.230. The Kier molecular flexibility index (Phi) is 6.94. The fourth-order valence-electron chi connectivity index (χ4n) is 5.46. The van der Waals surface area contributed by atoms with E-state index in [9.17, 15) is 9.59 Å². The van der Waals surface area contributed by atoms with Gasteiger partial charge in [0, 0.05) is 0 Å². The molecular formula is C33H36O4. The molecule has 4 heteroatoms. The summed E-state index contributed by atoms with van der Waals surface area (Å²) in [5, 5.41) is 7.29. The molecule has 192 valence electrons. The van der Waals surface area contributed by atoms with Crippen molar-refractivity contribution in [2.45, 2.75) is 71.5 Å². The van der Waals surface area contributed by atoms with Gasteiger partial charge in [-0.15, -0.1) is 0 Å². The first kappa shape index (κ1) is 25.3. The molecule has 0 spiro atoms. The number of esters is 2. The van der Waals surface area contributed by atoms with Crippen molar-refractivity contribution in [3.8, 4) is 0 Å². The maximum atomic E-state index is 13.1. The minimum absolute atomic E-state index is 0.0808. The molecule has 0 heterocycles. The summed E-state index contributed by atoms with van der Waals surface area (Å²) in [6, 6.07) is 23.6. The van der Waals surface area contributed by atoms with E-state index in [0.717, 1.165) is 17.4 Å². The summed E-state index contributed by atoms with van der Waals surface area (Å²) in [6.45, 7) is 7.80. The van der Waals surface area contributed by atoms with Crippen molar-refractivity contribution < 1.29 is 19.1 Å². The highest BCUT2D eigenvalue weighted by Crippen LogP contribution is 2.36. The van der Waals surface area contributed by atoms with Gasteiger partial charge in [-0.25, -0.2) is 0 Å². The highest BCUT2D eigenvalue weighted by Gasteiger charge is 2.34. The maximum absolute atomic E-state index is 13.1. The Morgan fingerprint density at radius 3 is 2.16 bits per heavy atom. The summed E-state index contributed by atoms with van der Waals surface area (Å²) >= 11 is 0. The van der Waals surface area contributed by atoms with Gasteiger partial charge in [0.15, 0.2) is 0 Å². The van der Waals surface area contributed by atoms with E-state index < -0.39 is 5.60 Å². The van der Waals surface area contributed by atoms with Gasteiger partial charge in [0.2, 0.25) is 0 Å². The van der Waals surface area contributed by atoms with Gasteiger partial charge in [-0.1, -0.05) is 74.5 Å². The Hall–Kier alpha value is -3.40. The van der Waals surface area contributed by atoms with E-state index in [1.807, 2.05) is 27.7 Å². The molecule has 0 amide bonds. The van der Waals surface area contributed by atoms with Gasteiger partial charge in [-0.3, -0.25) is 9.59 Å². The molecule has 1 aliphatic rings. The first-order valence-corrected chi connectivity index (χ1v) is 13.5. The number of fused-ring (bicyclic) bond motifs is 5. The first-order valence-electron chi connectivity index (χ1n) is 13.5. The molecule has 1 unspecified atom stereocenters. The molecule has 4 aromatic carbocycles. The predicted molar refractivity (Wildman–Crippen MR) is 149 cm³/mol. The lowest BCUT2D eigenvalue weighted by Crippen LogP contribution is -2.34. The van der Waals surface area contributed by atoms with Crippen molar-refractivity contribution in [3.05, 3.63) is 72.3 Å². The third kappa shape index (κ3) is 5.07. The Labute approximate surface area is 218 Å². The number of ether oxygens (including phenoxy) is 2. The summed E-state index contributed by atoms with van der Waals surface area (Å²) in [5.74, 6) is -0.535. The summed E-state index contributed by atoms with van der Waals surface area (Å²) in [6.07, 6.45) is 3.47. The van der Waals surface area contributed by atoms with Gasteiger partial charge < -0.3 is 9.47 Å². The standard InChI is InChI=1S/C33H36O4/c1-5-21(2)31(34)36-26-15-10-23(11-16-26)32(35)37-33(3,4)25-14-19-28-24(20-25)13-18-29-27-9-7-6-8-22(27)12-17-30(28)29/h6-9,12-14,17-21,23,26H,5,10-11,15-16H2,1-4H3. The highest BCUT2D eigenvalue weighted by atomic mass is 16.6. The van der Waals surface area contributed by atoms with Crippen molar-refractivity contribution in [3.63, 3.8) is 0 Å². The Bertz CT molecular complexity index is 1460. The van der Waals surface area contributed by atoms with Crippen molar-refractivity contribution >= 4 is 44.3 Å². The Balaban J connectivity index is 1.29. The molecule has 1 atom stereocenters. The highest BCUT2D eigenvalue weighted by molar-refractivity contribution is 6.17. The van der Waals surface area contributed by atoms with Crippen LogP contribution in [0.15, 0.2) is 66.7 Å². The normalized spacial score (nSPS) is 19.1. The van der Waals surface area contributed by atoms with Crippen LogP contribution in [0.1, 0.15) is 65.4 Å². The van der Waals surface area contributed by atoms with Gasteiger partial charge in [0.05, 0.1) is 11.8 Å². The molecule has 1 saturated carbocycles. The molecule has 1 aliphatic carbocycles. The van der Waals surface area contributed by atoms with Gasteiger partial charge >= 0.3 is 11.9 Å². The van der Waals surface area contributed by atoms with E-state index in [1.54, 1.807) is 0 Å². The second-order valence-electron chi connectivity index (χ2n) is 11.0. The molecule has 4 nitrogen and oxygen atoms in total. The predicted octanol–water partition coefficient (Wildman–Crippen LogP) is 8.07. The third-order valence-corrected chi connectivity index (χ3v) is 8.10. The quantitative estimate of drug-likeness (QED) is 0.200. The number of benzene rings is 4. The number of hydrogen-bond donors (Lipinski definition) is 0. The largest absolute Gasteiger partial charge is 0.462 e. The zero-order valence-corrected chi connectivity index (χ0v) is 22.3. The van der Waals surface area contributed by atoms with Crippen LogP contribution in [0.2, 0.25) is 0 Å².